The van der Waals surface area contributed by atoms with E-state index in [0.29, 0.717) is 11.8 Å². The average Bonchev–Trinajstić information content (AvgIpc) is 2.72. The molecule has 14 heavy (non-hydrogen) atoms. The Balaban J connectivity index is 1.87. The molecule has 1 aromatic heterocycles. The lowest BCUT2D eigenvalue weighted by Crippen LogP contribution is -2.35. The molecule has 1 amide bonds. The molecule has 0 aromatic carbocycles. The molecule has 1 saturated carbocycles. The molecule has 0 aliphatic heterocycles. The lowest BCUT2D eigenvalue weighted by molar-refractivity contribution is 0.0899. The highest BCUT2D eigenvalue weighted by atomic mass is 16.3. The van der Waals surface area contributed by atoms with Crippen LogP contribution >= 0.6 is 0 Å². The third-order valence-corrected chi connectivity index (χ3v) is 2.69. The first-order chi connectivity index (χ1) is 6.86. The van der Waals surface area contributed by atoms with Crippen molar-refractivity contribution in [2.24, 2.45) is 0 Å². The van der Waals surface area contributed by atoms with Crippen LogP contribution in [0.2, 0.25) is 0 Å². The molecule has 1 aromatic rings. The maximum absolute atomic E-state index is 11.6. The Morgan fingerprint density at radius 2 is 2.14 bits per heavy atom. The summed E-state index contributed by atoms with van der Waals surface area (Å²) in [5.41, 5.74) is 0. The SMILES string of the molecule is O=C(NC1CCCCC1)c1ccco1. The van der Waals surface area contributed by atoms with Gasteiger partial charge in [0.25, 0.3) is 5.91 Å². The highest BCUT2D eigenvalue weighted by Crippen LogP contribution is 2.17. The lowest BCUT2D eigenvalue weighted by Gasteiger charge is -2.22. The Morgan fingerprint density at radius 3 is 2.79 bits per heavy atom. The van der Waals surface area contributed by atoms with Crippen molar-refractivity contribution in [2.45, 2.75) is 38.1 Å². The second kappa shape index (κ2) is 4.31. The van der Waals surface area contributed by atoms with Gasteiger partial charge in [-0.05, 0) is 25.0 Å². The summed E-state index contributed by atoms with van der Waals surface area (Å²) < 4.78 is 5.02. The van der Waals surface area contributed by atoms with Crippen LogP contribution in [0.1, 0.15) is 42.7 Å². The molecule has 1 heterocycles. The minimum atomic E-state index is -0.0816. The Bertz CT molecular complexity index is 286. The molecule has 3 heteroatoms. The van der Waals surface area contributed by atoms with Crippen LogP contribution in [0.25, 0.3) is 0 Å². The van der Waals surface area contributed by atoms with E-state index < -0.39 is 0 Å². The molecule has 0 atom stereocenters. The van der Waals surface area contributed by atoms with Crippen molar-refractivity contribution in [3.05, 3.63) is 24.2 Å². The molecule has 0 radical (unpaired) electrons. The predicted molar refractivity (Wildman–Crippen MR) is 53.0 cm³/mol. The molecule has 0 saturated heterocycles. The molecule has 76 valence electrons. The summed E-state index contributed by atoms with van der Waals surface area (Å²) in [6, 6.07) is 3.77. The normalized spacial score (nSPS) is 18.0. The van der Waals surface area contributed by atoms with Gasteiger partial charge >= 0.3 is 0 Å². The summed E-state index contributed by atoms with van der Waals surface area (Å²) in [7, 11) is 0. The molecule has 0 unspecified atom stereocenters. The average molecular weight is 193 g/mol. The monoisotopic (exact) mass is 193 g/mol. The minimum Gasteiger partial charge on any atom is -0.459 e. The Morgan fingerprint density at radius 1 is 1.36 bits per heavy atom. The summed E-state index contributed by atoms with van der Waals surface area (Å²) in [5, 5.41) is 2.99. The molecule has 1 fully saturated rings. The van der Waals surface area contributed by atoms with Gasteiger partial charge in [-0.3, -0.25) is 4.79 Å². The fourth-order valence-corrected chi connectivity index (χ4v) is 1.91. The third kappa shape index (κ3) is 2.16. The van der Waals surface area contributed by atoms with Crippen LogP contribution in [-0.4, -0.2) is 11.9 Å². The Kier molecular flexibility index (Phi) is 2.87. The maximum atomic E-state index is 11.6. The van der Waals surface area contributed by atoms with Gasteiger partial charge in [0.05, 0.1) is 6.26 Å². The summed E-state index contributed by atoms with van der Waals surface area (Å²) in [6.45, 7) is 0. The van der Waals surface area contributed by atoms with Gasteiger partial charge in [-0.25, -0.2) is 0 Å². The van der Waals surface area contributed by atoms with Gasteiger partial charge in [0, 0.05) is 6.04 Å². The number of rotatable bonds is 2. The van der Waals surface area contributed by atoms with Crippen LogP contribution < -0.4 is 5.32 Å². The van der Waals surface area contributed by atoms with Crippen LogP contribution in [0.15, 0.2) is 22.8 Å². The molecule has 0 spiro atoms. The number of carbonyl (C=O) groups excluding carboxylic acids is 1. The van der Waals surface area contributed by atoms with Crippen molar-refractivity contribution < 1.29 is 9.21 Å². The fourth-order valence-electron chi connectivity index (χ4n) is 1.91. The van der Waals surface area contributed by atoms with Gasteiger partial charge < -0.3 is 9.73 Å². The molecule has 1 aliphatic rings. The second-order valence-corrected chi connectivity index (χ2v) is 3.79. The van der Waals surface area contributed by atoms with Gasteiger partial charge in [0.1, 0.15) is 0 Å². The first kappa shape index (κ1) is 9.31. The third-order valence-electron chi connectivity index (χ3n) is 2.69. The molecule has 1 aliphatic carbocycles. The van der Waals surface area contributed by atoms with Gasteiger partial charge in [-0.2, -0.15) is 0 Å². The van der Waals surface area contributed by atoms with Crippen molar-refractivity contribution in [1.82, 2.24) is 5.32 Å². The first-order valence-corrected chi connectivity index (χ1v) is 5.20. The molecule has 1 N–H and O–H groups in total. The number of amides is 1. The van der Waals surface area contributed by atoms with E-state index in [1.54, 1.807) is 12.1 Å². The van der Waals surface area contributed by atoms with Crippen molar-refractivity contribution in [3.63, 3.8) is 0 Å². The second-order valence-electron chi connectivity index (χ2n) is 3.79. The van der Waals surface area contributed by atoms with Crippen LogP contribution in [0, 0.1) is 0 Å². The summed E-state index contributed by atoms with van der Waals surface area (Å²) in [4.78, 5) is 11.6. The molecule has 0 bridgehead atoms. The minimum absolute atomic E-state index is 0.0816. The van der Waals surface area contributed by atoms with Crippen LogP contribution in [0.5, 0.6) is 0 Å². The Hall–Kier alpha value is -1.25. The van der Waals surface area contributed by atoms with E-state index >= 15 is 0 Å². The van der Waals surface area contributed by atoms with Crippen LogP contribution in [0.4, 0.5) is 0 Å². The number of nitrogens with one attached hydrogen (secondary N) is 1. The Labute approximate surface area is 83.5 Å². The first-order valence-electron chi connectivity index (χ1n) is 5.20. The topological polar surface area (TPSA) is 42.2 Å². The van der Waals surface area contributed by atoms with Crippen molar-refractivity contribution in [1.29, 1.82) is 0 Å². The predicted octanol–water partition coefficient (Wildman–Crippen LogP) is 2.34. The van der Waals surface area contributed by atoms with Crippen LogP contribution in [0.3, 0.4) is 0 Å². The number of furan rings is 1. The zero-order valence-corrected chi connectivity index (χ0v) is 8.16. The van der Waals surface area contributed by atoms with E-state index in [2.05, 4.69) is 5.32 Å². The van der Waals surface area contributed by atoms with E-state index in [0.717, 1.165) is 12.8 Å². The number of carbonyl (C=O) groups is 1. The summed E-state index contributed by atoms with van der Waals surface area (Å²) in [5.74, 6) is 0.331. The number of hydrogen-bond acceptors (Lipinski definition) is 2. The van der Waals surface area contributed by atoms with E-state index in [9.17, 15) is 4.79 Å². The van der Waals surface area contributed by atoms with Gasteiger partial charge in [-0.1, -0.05) is 19.3 Å². The quantitative estimate of drug-likeness (QED) is 0.783. The van der Waals surface area contributed by atoms with E-state index in [1.807, 2.05) is 0 Å². The molecular weight excluding hydrogens is 178 g/mol. The zero-order valence-electron chi connectivity index (χ0n) is 8.16. The largest absolute Gasteiger partial charge is 0.459 e. The van der Waals surface area contributed by atoms with Gasteiger partial charge in [0.2, 0.25) is 0 Å². The highest BCUT2D eigenvalue weighted by Gasteiger charge is 2.17. The lowest BCUT2D eigenvalue weighted by atomic mass is 9.95. The molecule has 3 nitrogen and oxygen atoms in total. The van der Waals surface area contributed by atoms with Crippen molar-refractivity contribution in [2.75, 3.05) is 0 Å². The fraction of sp³-hybridized carbons (Fsp3) is 0.545. The van der Waals surface area contributed by atoms with E-state index in [4.69, 9.17) is 4.42 Å². The van der Waals surface area contributed by atoms with Gasteiger partial charge in [-0.15, -0.1) is 0 Å². The number of hydrogen-bond donors (Lipinski definition) is 1. The molecular formula is C11H15NO2. The standard InChI is InChI=1S/C11H15NO2/c13-11(10-7-4-8-14-10)12-9-5-2-1-3-6-9/h4,7-9H,1-3,5-6H2,(H,12,13). The van der Waals surface area contributed by atoms with Gasteiger partial charge in [0.15, 0.2) is 5.76 Å². The molecule has 2 rings (SSSR count). The van der Waals surface area contributed by atoms with E-state index in [1.165, 1.54) is 25.5 Å². The van der Waals surface area contributed by atoms with Crippen molar-refractivity contribution >= 4 is 5.91 Å². The highest BCUT2D eigenvalue weighted by molar-refractivity contribution is 5.91. The smallest absolute Gasteiger partial charge is 0.287 e. The summed E-state index contributed by atoms with van der Waals surface area (Å²) >= 11 is 0. The van der Waals surface area contributed by atoms with Crippen molar-refractivity contribution in [3.8, 4) is 0 Å². The van der Waals surface area contributed by atoms with E-state index in [-0.39, 0.29) is 5.91 Å². The van der Waals surface area contributed by atoms with Crippen LogP contribution in [-0.2, 0) is 0 Å². The summed E-state index contributed by atoms with van der Waals surface area (Å²) in [6.07, 6.45) is 7.48. The maximum Gasteiger partial charge on any atom is 0.287 e. The zero-order chi connectivity index (χ0) is 9.80.